The summed E-state index contributed by atoms with van der Waals surface area (Å²) < 4.78 is 5.28. The Hall–Kier alpha value is -2.04. The molecule has 1 atom stereocenters. The zero-order chi connectivity index (χ0) is 17.7. The van der Waals surface area contributed by atoms with Crippen LogP contribution < -0.4 is 10.1 Å². The molecule has 0 spiro atoms. The molecule has 0 aromatic heterocycles. The summed E-state index contributed by atoms with van der Waals surface area (Å²) in [6, 6.07) is 8.01. The average Bonchev–Trinajstić information content (AvgIpc) is 3.03. The summed E-state index contributed by atoms with van der Waals surface area (Å²) in [6.45, 7) is 6.75. The van der Waals surface area contributed by atoms with Gasteiger partial charge in [0, 0.05) is 24.9 Å². The van der Waals surface area contributed by atoms with Gasteiger partial charge in [0.25, 0.3) is 0 Å². The van der Waals surface area contributed by atoms with E-state index in [1.807, 2.05) is 49.9 Å². The van der Waals surface area contributed by atoms with Gasteiger partial charge in [-0.25, -0.2) is 0 Å². The lowest BCUT2D eigenvalue weighted by molar-refractivity contribution is -0.132. The van der Waals surface area contributed by atoms with Crippen molar-refractivity contribution in [3.8, 4) is 5.75 Å². The van der Waals surface area contributed by atoms with Gasteiger partial charge in [-0.15, -0.1) is 0 Å². The maximum absolute atomic E-state index is 12.6. The molecule has 0 radical (unpaired) electrons. The smallest absolute Gasteiger partial charge is 0.225 e. The molecule has 2 amide bonds. The number of carbonyl (C=O) groups is 2. The van der Waals surface area contributed by atoms with Crippen LogP contribution in [0.3, 0.4) is 0 Å². The van der Waals surface area contributed by atoms with Crippen LogP contribution in [0, 0.1) is 5.41 Å². The fraction of sp³-hybridized carbons (Fsp3) is 0.579. The number of carbonyl (C=O) groups excluding carboxylic acids is 2. The number of amides is 2. The van der Waals surface area contributed by atoms with Crippen molar-refractivity contribution < 1.29 is 14.3 Å². The third kappa shape index (κ3) is 4.49. The maximum Gasteiger partial charge on any atom is 0.225 e. The number of hydrogen-bond acceptors (Lipinski definition) is 3. The van der Waals surface area contributed by atoms with Crippen molar-refractivity contribution in [2.45, 2.75) is 46.1 Å². The van der Waals surface area contributed by atoms with E-state index in [1.54, 1.807) is 7.11 Å². The second-order valence-corrected chi connectivity index (χ2v) is 7.28. The van der Waals surface area contributed by atoms with E-state index in [0.29, 0.717) is 13.0 Å². The molecule has 1 N–H and O–H groups in total. The first-order valence-electron chi connectivity index (χ1n) is 8.54. The van der Waals surface area contributed by atoms with E-state index >= 15 is 0 Å². The predicted molar refractivity (Wildman–Crippen MR) is 93.8 cm³/mol. The van der Waals surface area contributed by atoms with Gasteiger partial charge in [-0.05, 0) is 30.5 Å². The Morgan fingerprint density at radius 2 is 2.08 bits per heavy atom. The fourth-order valence-electron chi connectivity index (χ4n) is 2.95. The molecule has 5 heteroatoms. The number of hydrogen-bond donors (Lipinski definition) is 1. The summed E-state index contributed by atoms with van der Waals surface area (Å²) in [7, 11) is 1.65. The number of methoxy groups -OCH3 is 1. The van der Waals surface area contributed by atoms with E-state index in [9.17, 15) is 9.59 Å². The molecule has 24 heavy (non-hydrogen) atoms. The fourth-order valence-corrected chi connectivity index (χ4v) is 2.95. The third-order valence-corrected chi connectivity index (χ3v) is 4.36. The zero-order valence-electron chi connectivity index (χ0n) is 15.1. The molecule has 1 unspecified atom stereocenters. The van der Waals surface area contributed by atoms with Gasteiger partial charge in [-0.2, -0.15) is 0 Å². The van der Waals surface area contributed by atoms with Gasteiger partial charge in [0.05, 0.1) is 13.2 Å². The van der Waals surface area contributed by atoms with E-state index < -0.39 is 5.41 Å². The molecule has 1 fully saturated rings. The van der Waals surface area contributed by atoms with Crippen LogP contribution in [0.2, 0.25) is 0 Å². The van der Waals surface area contributed by atoms with E-state index in [1.165, 1.54) is 0 Å². The molecular weight excluding hydrogens is 304 g/mol. The van der Waals surface area contributed by atoms with Gasteiger partial charge in [-0.1, -0.05) is 32.9 Å². The number of rotatable bonds is 5. The normalized spacial score (nSPS) is 17.7. The molecule has 2 rings (SSSR count). The average molecular weight is 332 g/mol. The van der Waals surface area contributed by atoms with Crippen molar-refractivity contribution in [3.05, 3.63) is 29.8 Å². The minimum atomic E-state index is -0.431. The van der Waals surface area contributed by atoms with Crippen molar-refractivity contribution in [1.29, 1.82) is 0 Å². The van der Waals surface area contributed by atoms with Crippen molar-refractivity contribution in [2.24, 2.45) is 5.41 Å². The number of likely N-dealkylation sites (tertiary alicyclic amines) is 1. The van der Waals surface area contributed by atoms with Crippen molar-refractivity contribution in [1.82, 2.24) is 10.2 Å². The Morgan fingerprint density at radius 1 is 1.33 bits per heavy atom. The van der Waals surface area contributed by atoms with Gasteiger partial charge >= 0.3 is 0 Å². The second-order valence-electron chi connectivity index (χ2n) is 7.28. The first kappa shape index (κ1) is 18.3. The lowest BCUT2D eigenvalue weighted by atomic mass is 9.96. The Bertz CT molecular complexity index is 593. The summed E-state index contributed by atoms with van der Waals surface area (Å²) >= 11 is 0. The van der Waals surface area contributed by atoms with Gasteiger partial charge < -0.3 is 15.0 Å². The Labute approximate surface area is 144 Å². The molecule has 132 valence electrons. The molecule has 1 aliphatic heterocycles. The number of nitrogens with one attached hydrogen (secondary N) is 1. The predicted octanol–water partition coefficient (Wildman–Crippen LogP) is 2.91. The van der Waals surface area contributed by atoms with Crippen LogP contribution in [0.15, 0.2) is 24.3 Å². The Morgan fingerprint density at radius 3 is 2.75 bits per heavy atom. The highest BCUT2D eigenvalue weighted by Gasteiger charge is 2.30. The summed E-state index contributed by atoms with van der Waals surface area (Å²) in [5, 5.41) is 2.84. The largest absolute Gasteiger partial charge is 0.497 e. The molecule has 0 bridgehead atoms. The van der Waals surface area contributed by atoms with Crippen molar-refractivity contribution in [3.63, 3.8) is 0 Å². The second kappa shape index (κ2) is 7.69. The summed E-state index contributed by atoms with van der Waals surface area (Å²) in [6.07, 6.45) is 2.30. The molecule has 1 aromatic carbocycles. The van der Waals surface area contributed by atoms with Crippen LogP contribution in [0.5, 0.6) is 5.75 Å². The summed E-state index contributed by atoms with van der Waals surface area (Å²) in [4.78, 5) is 26.4. The number of benzene rings is 1. The first-order valence-corrected chi connectivity index (χ1v) is 8.54. The van der Waals surface area contributed by atoms with Crippen LogP contribution in [-0.2, 0) is 9.59 Å². The van der Waals surface area contributed by atoms with Crippen LogP contribution in [0.1, 0.15) is 51.6 Å². The molecular formula is C19H28N2O3. The molecule has 1 heterocycles. The summed E-state index contributed by atoms with van der Waals surface area (Å²) in [5.74, 6) is 0.875. The van der Waals surface area contributed by atoms with Crippen LogP contribution in [0.4, 0.5) is 0 Å². The zero-order valence-corrected chi connectivity index (χ0v) is 15.1. The van der Waals surface area contributed by atoms with Gasteiger partial charge in [0.1, 0.15) is 5.75 Å². The topological polar surface area (TPSA) is 58.6 Å². The molecule has 1 aromatic rings. The molecule has 1 aliphatic rings. The first-order chi connectivity index (χ1) is 11.3. The van der Waals surface area contributed by atoms with Crippen LogP contribution in [0.25, 0.3) is 0 Å². The van der Waals surface area contributed by atoms with Gasteiger partial charge in [0.2, 0.25) is 11.8 Å². The maximum atomic E-state index is 12.6. The minimum Gasteiger partial charge on any atom is -0.497 e. The molecule has 5 nitrogen and oxygen atoms in total. The number of ether oxygens (including phenoxy) is 1. The highest BCUT2D eigenvalue weighted by molar-refractivity contribution is 5.82. The Balaban J connectivity index is 1.94. The van der Waals surface area contributed by atoms with Gasteiger partial charge in [0.15, 0.2) is 0 Å². The van der Waals surface area contributed by atoms with Crippen LogP contribution >= 0.6 is 0 Å². The van der Waals surface area contributed by atoms with Gasteiger partial charge in [-0.3, -0.25) is 9.59 Å². The van der Waals surface area contributed by atoms with E-state index in [2.05, 4.69) is 5.32 Å². The van der Waals surface area contributed by atoms with E-state index in [4.69, 9.17) is 4.74 Å². The molecule has 0 saturated carbocycles. The monoisotopic (exact) mass is 332 g/mol. The molecule has 1 saturated heterocycles. The third-order valence-electron chi connectivity index (χ3n) is 4.36. The number of nitrogens with zero attached hydrogens (tertiary/aromatic N) is 1. The molecule has 0 aliphatic carbocycles. The van der Waals surface area contributed by atoms with E-state index in [-0.39, 0.29) is 17.9 Å². The van der Waals surface area contributed by atoms with Crippen molar-refractivity contribution >= 4 is 11.8 Å². The van der Waals surface area contributed by atoms with E-state index in [0.717, 1.165) is 30.7 Å². The standard InChI is InChI=1S/C19H28N2O3/c1-19(2,3)18(23)20-11-10-17(22)21-12-6-9-16(21)14-7-5-8-15(13-14)24-4/h5,7-8,13,16H,6,9-12H2,1-4H3,(H,20,23). The quantitative estimate of drug-likeness (QED) is 0.902. The highest BCUT2D eigenvalue weighted by Crippen LogP contribution is 2.33. The Kier molecular flexibility index (Phi) is 5.86. The highest BCUT2D eigenvalue weighted by atomic mass is 16.5. The minimum absolute atomic E-state index is 0.0268. The SMILES string of the molecule is COc1cccc(C2CCCN2C(=O)CCNC(=O)C(C)(C)C)c1. The lowest BCUT2D eigenvalue weighted by Crippen LogP contribution is -2.38. The van der Waals surface area contributed by atoms with Crippen molar-refractivity contribution in [2.75, 3.05) is 20.2 Å². The van der Waals surface area contributed by atoms with Crippen LogP contribution in [-0.4, -0.2) is 36.9 Å². The lowest BCUT2D eigenvalue weighted by Gasteiger charge is -2.26. The summed E-state index contributed by atoms with van der Waals surface area (Å²) in [5.41, 5.74) is 0.679.